The van der Waals surface area contributed by atoms with Crippen molar-refractivity contribution < 1.29 is 9.59 Å². The van der Waals surface area contributed by atoms with Gasteiger partial charge in [-0.1, -0.05) is 6.07 Å². The van der Waals surface area contributed by atoms with Crippen LogP contribution in [0.5, 0.6) is 0 Å². The van der Waals surface area contributed by atoms with Crippen LogP contribution >= 0.6 is 0 Å². The normalized spacial score (nSPS) is 7.53. The molecule has 0 aliphatic heterocycles. The number of carbonyl (C=O) groups excluding carboxylic acids is 2. The maximum atomic E-state index is 10.00. The van der Waals surface area contributed by atoms with E-state index in [1.54, 1.807) is 19.1 Å². The van der Waals surface area contributed by atoms with Crippen LogP contribution in [0.25, 0.3) is 0 Å². The fourth-order valence-corrected chi connectivity index (χ4v) is 0.890. The summed E-state index contributed by atoms with van der Waals surface area (Å²) in [5.74, 6) is 0. The van der Waals surface area contributed by atoms with E-state index in [1.807, 2.05) is 0 Å². The summed E-state index contributed by atoms with van der Waals surface area (Å²) in [4.78, 5) is 26.8. The Kier molecular flexibility index (Phi) is 6.07. The highest BCUT2D eigenvalue weighted by Crippen LogP contribution is 2.23. The first-order chi connectivity index (χ1) is 7.27. The van der Waals surface area contributed by atoms with E-state index in [1.165, 1.54) is 18.2 Å². The van der Waals surface area contributed by atoms with Crippen molar-refractivity contribution in [2.45, 2.75) is 6.92 Å². The zero-order valence-corrected chi connectivity index (χ0v) is 8.36. The smallest absolute Gasteiger partial charge is 0.211 e. The Bertz CT molecular complexity index is 428. The van der Waals surface area contributed by atoms with Crippen LogP contribution in [0.4, 0.5) is 11.4 Å². The topological polar surface area (TPSA) is 58.9 Å². The van der Waals surface area contributed by atoms with Crippen molar-refractivity contribution in [1.82, 2.24) is 0 Å². The molecule has 0 spiro atoms. The maximum Gasteiger partial charge on any atom is 0.240 e. The average Bonchev–Trinajstić information content (AvgIpc) is 2.27. The molecule has 0 saturated heterocycles. The van der Waals surface area contributed by atoms with E-state index in [0.717, 1.165) is 5.56 Å². The number of hydrogen-bond acceptors (Lipinski definition) is 4. The summed E-state index contributed by atoms with van der Waals surface area (Å²) < 4.78 is 0. The molecule has 0 fully saturated rings. The van der Waals surface area contributed by atoms with E-state index in [2.05, 4.69) is 23.1 Å². The van der Waals surface area contributed by atoms with Gasteiger partial charge in [0.05, 0.1) is 11.4 Å². The van der Waals surface area contributed by atoms with Gasteiger partial charge in [0.2, 0.25) is 12.2 Å². The molecule has 0 unspecified atom stereocenters. The first-order valence-electron chi connectivity index (χ1n) is 4.04. The molecular formula is C11H10N2O2. The van der Waals surface area contributed by atoms with Crippen molar-refractivity contribution >= 4 is 23.5 Å². The van der Waals surface area contributed by atoms with E-state index in [0.29, 0.717) is 11.4 Å². The Labute approximate surface area is 87.7 Å². The van der Waals surface area contributed by atoms with Gasteiger partial charge >= 0.3 is 0 Å². The van der Waals surface area contributed by atoms with Gasteiger partial charge < -0.3 is 0 Å². The van der Waals surface area contributed by atoms with E-state index in [9.17, 15) is 9.59 Å². The summed E-state index contributed by atoms with van der Waals surface area (Å²) in [6.07, 6.45) is 2.84. The van der Waals surface area contributed by atoms with Gasteiger partial charge in [-0.05, 0) is 24.6 Å². The summed E-state index contributed by atoms with van der Waals surface area (Å²) in [5.41, 5.74) is 1.72. The highest BCUT2D eigenvalue weighted by Gasteiger charge is 1.97. The van der Waals surface area contributed by atoms with Crippen LogP contribution in [0, 0.1) is 6.92 Å². The Morgan fingerprint density at radius 3 is 2.27 bits per heavy atom. The second-order valence-electron chi connectivity index (χ2n) is 2.38. The number of aliphatic imine (C=N–C) groups is 2. The van der Waals surface area contributed by atoms with Crippen LogP contribution in [0.2, 0.25) is 0 Å². The minimum absolute atomic E-state index is 0.426. The summed E-state index contributed by atoms with van der Waals surface area (Å²) in [6, 6.07) is 4.88. The van der Waals surface area contributed by atoms with Gasteiger partial charge in [0.25, 0.3) is 0 Å². The van der Waals surface area contributed by atoms with Gasteiger partial charge in [-0.2, -0.15) is 9.98 Å². The Hall–Kier alpha value is -2.28. The summed E-state index contributed by atoms with van der Waals surface area (Å²) >= 11 is 0. The summed E-state index contributed by atoms with van der Waals surface area (Å²) in [7, 11) is 0. The molecule has 0 aromatic heterocycles. The molecule has 1 aromatic rings. The van der Waals surface area contributed by atoms with E-state index >= 15 is 0 Å². The third kappa shape index (κ3) is 3.96. The third-order valence-electron chi connectivity index (χ3n) is 1.53. The van der Waals surface area contributed by atoms with Crippen LogP contribution < -0.4 is 0 Å². The van der Waals surface area contributed by atoms with Crippen molar-refractivity contribution in [1.29, 1.82) is 0 Å². The van der Waals surface area contributed by atoms with Crippen molar-refractivity contribution in [3.8, 4) is 0 Å². The number of rotatable bonds is 2. The monoisotopic (exact) mass is 202 g/mol. The first kappa shape index (κ1) is 12.7. The van der Waals surface area contributed by atoms with Crippen molar-refractivity contribution in [3.05, 3.63) is 36.9 Å². The molecule has 15 heavy (non-hydrogen) atoms. The van der Waals surface area contributed by atoms with Crippen LogP contribution in [-0.4, -0.2) is 12.2 Å². The highest BCUT2D eigenvalue weighted by atomic mass is 16.1. The summed E-state index contributed by atoms with van der Waals surface area (Å²) in [5, 5.41) is 0. The number of hydrogen-bond donors (Lipinski definition) is 0. The molecule has 0 aliphatic carbocycles. The SMILES string of the molecule is C=C.Cc1ccc(N=C=O)cc1N=C=O. The molecule has 76 valence electrons. The lowest BCUT2D eigenvalue weighted by Crippen LogP contribution is -1.73. The predicted molar refractivity (Wildman–Crippen MR) is 58.0 cm³/mol. The number of isocyanates is 2. The molecule has 1 rings (SSSR count). The van der Waals surface area contributed by atoms with Crippen molar-refractivity contribution in [2.24, 2.45) is 9.98 Å². The Morgan fingerprint density at radius 1 is 1.13 bits per heavy atom. The lowest BCUT2D eigenvalue weighted by molar-refractivity contribution is 0.565. The zero-order valence-electron chi connectivity index (χ0n) is 8.36. The summed E-state index contributed by atoms with van der Waals surface area (Å²) in [6.45, 7) is 7.80. The van der Waals surface area contributed by atoms with Gasteiger partial charge in [0.1, 0.15) is 0 Å². The zero-order chi connectivity index (χ0) is 11.7. The largest absolute Gasteiger partial charge is 0.240 e. The number of benzene rings is 1. The van der Waals surface area contributed by atoms with Crippen LogP contribution in [0.15, 0.2) is 41.3 Å². The quantitative estimate of drug-likeness (QED) is 0.420. The average molecular weight is 202 g/mol. The van der Waals surface area contributed by atoms with Gasteiger partial charge in [-0.25, -0.2) is 9.59 Å². The molecule has 1 aromatic carbocycles. The lowest BCUT2D eigenvalue weighted by atomic mass is 10.2. The van der Waals surface area contributed by atoms with Gasteiger partial charge in [0.15, 0.2) is 0 Å². The predicted octanol–water partition coefficient (Wildman–Crippen LogP) is 2.73. The molecular weight excluding hydrogens is 192 g/mol. The minimum atomic E-state index is 0.426. The van der Waals surface area contributed by atoms with Gasteiger partial charge in [-0.3, -0.25) is 0 Å². The Balaban J connectivity index is 0.000000921. The van der Waals surface area contributed by atoms with E-state index in [4.69, 9.17) is 0 Å². The number of nitrogens with zero attached hydrogens (tertiary/aromatic N) is 2. The fraction of sp³-hybridized carbons (Fsp3) is 0.0909. The highest BCUT2D eigenvalue weighted by molar-refractivity contribution is 5.61. The Morgan fingerprint density at radius 2 is 1.73 bits per heavy atom. The lowest BCUT2D eigenvalue weighted by Gasteiger charge is -1.97. The molecule has 0 bridgehead atoms. The maximum absolute atomic E-state index is 10.00. The van der Waals surface area contributed by atoms with E-state index in [-0.39, 0.29) is 0 Å². The second kappa shape index (κ2) is 7.15. The van der Waals surface area contributed by atoms with Crippen molar-refractivity contribution in [2.75, 3.05) is 0 Å². The molecule has 0 amide bonds. The second-order valence-corrected chi connectivity index (χ2v) is 2.38. The molecule has 0 heterocycles. The van der Waals surface area contributed by atoms with Gasteiger partial charge in [-0.15, -0.1) is 13.2 Å². The molecule has 0 saturated carbocycles. The van der Waals surface area contributed by atoms with Crippen LogP contribution in [0.3, 0.4) is 0 Å². The minimum Gasteiger partial charge on any atom is -0.211 e. The fourth-order valence-electron chi connectivity index (χ4n) is 0.890. The third-order valence-corrected chi connectivity index (χ3v) is 1.53. The van der Waals surface area contributed by atoms with Crippen LogP contribution in [0.1, 0.15) is 5.56 Å². The molecule has 0 radical (unpaired) electrons. The van der Waals surface area contributed by atoms with Crippen LogP contribution in [-0.2, 0) is 9.59 Å². The molecule has 0 aliphatic rings. The van der Waals surface area contributed by atoms with E-state index < -0.39 is 0 Å². The van der Waals surface area contributed by atoms with Crippen molar-refractivity contribution in [3.63, 3.8) is 0 Å². The molecule has 0 N–H and O–H groups in total. The molecule has 4 nitrogen and oxygen atoms in total. The van der Waals surface area contributed by atoms with Gasteiger partial charge in [0, 0.05) is 0 Å². The first-order valence-corrected chi connectivity index (χ1v) is 4.04. The molecule has 0 atom stereocenters. The number of aryl methyl sites for hydroxylation is 1. The molecule has 4 heteroatoms. The standard InChI is InChI=1S/C9H6N2O2.C2H4/c1-7-2-3-8(10-5-12)4-9(7)11-6-13;1-2/h2-4H,1H3;1-2H2.